The van der Waals surface area contributed by atoms with Gasteiger partial charge in [-0.15, -0.1) is 11.6 Å². The highest BCUT2D eigenvalue weighted by atomic mass is 35.5. The summed E-state index contributed by atoms with van der Waals surface area (Å²) in [5, 5.41) is 9.30. The van der Waals surface area contributed by atoms with E-state index in [4.69, 9.17) is 16.3 Å². The predicted molar refractivity (Wildman–Crippen MR) is 78.5 cm³/mol. The summed E-state index contributed by atoms with van der Waals surface area (Å²) >= 11 is 5.48. The minimum Gasteiger partial charge on any atom is -0.491 e. The fourth-order valence-corrected chi connectivity index (χ4v) is 1.78. The molecule has 0 aromatic heterocycles. The van der Waals surface area contributed by atoms with E-state index in [1.165, 1.54) is 0 Å². The number of benzene rings is 2. The Morgan fingerprint density at radius 1 is 1.05 bits per heavy atom. The lowest BCUT2D eigenvalue weighted by Gasteiger charge is -2.09. The van der Waals surface area contributed by atoms with Crippen molar-refractivity contribution in [3.05, 3.63) is 65.7 Å². The van der Waals surface area contributed by atoms with Crippen LogP contribution in [0.15, 0.2) is 54.6 Å². The lowest BCUT2D eigenvalue weighted by atomic mass is 10.0. The Morgan fingerprint density at radius 2 is 1.65 bits per heavy atom. The van der Waals surface area contributed by atoms with E-state index in [0.29, 0.717) is 16.9 Å². The van der Waals surface area contributed by atoms with Crippen molar-refractivity contribution in [3.63, 3.8) is 0 Å². The van der Waals surface area contributed by atoms with Crippen LogP contribution in [0, 0.1) is 0 Å². The Morgan fingerprint density at radius 3 is 2.25 bits per heavy atom. The van der Waals surface area contributed by atoms with E-state index in [2.05, 4.69) is 0 Å². The lowest BCUT2D eigenvalue weighted by molar-refractivity contribution is 0.103. The Balaban J connectivity index is 2.03. The number of hydrogen-bond donors (Lipinski definition) is 1. The average Bonchev–Trinajstić information content (AvgIpc) is 2.53. The fraction of sp³-hybridized carbons (Fsp3) is 0.188. The maximum Gasteiger partial charge on any atom is 0.193 e. The molecule has 0 spiro atoms. The number of carbonyl (C=O) groups excluding carboxylic acids is 1. The van der Waals surface area contributed by atoms with Gasteiger partial charge in [-0.25, -0.2) is 0 Å². The molecule has 3 nitrogen and oxygen atoms in total. The quantitative estimate of drug-likeness (QED) is 0.657. The van der Waals surface area contributed by atoms with Crippen molar-refractivity contribution >= 4 is 17.4 Å². The molecule has 104 valence electrons. The minimum atomic E-state index is -0.692. The summed E-state index contributed by atoms with van der Waals surface area (Å²) in [4.78, 5) is 12.2. The zero-order chi connectivity index (χ0) is 14.4. The largest absolute Gasteiger partial charge is 0.491 e. The number of alkyl halides is 1. The zero-order valence-electron chi connectivity index (χ0n) is 10.8. The third kappa shape index (κ3) is 3.83. The molecule has 2 aromatic rings. The van der Waals surface area contributed by atoms with Crippen LogP contribution in [0.2, 0.25) is 0 Å². The van der Waals surface area contributed by atoms with E-state index in [0.717, 1.165) is 0 Å². The standard InChI is InChI=1S/C16H15ClO3/c17-10-14(18)11-20-15-8-6-13(7-9-15)16(19)12-4-2-1-3-5-12/h1-9,14,18H,10-11H2. The highest BCUT2D eigenvalue weighted by molar-refractivity contribution is 6.18. The minimum absolute atomic E-state index is 0.0297. The van der Waals surface area contributed by atoms with Gasteiger partial charge in [0, 0.05) is 11.1 Å². The molecule has 2 aromatic carbocycles. The Labute approximate surface area is 122 Å². The van der Waals surface area contributed by atoms with Crippen LogP contribution in [0.3, 0.4) is 0 Å². The maximum atomic E-state index is 12.2. The fourth-order valence-electron chi connectivity index (χ4n) is 1.70. The van der Waals surface area contributed by atoms with Crippen molar-refractivity contribution in [2.24, 2.45) is 0 Å². The molecule has 2 rings (SSSR count). The average molecular weight is 291 g/mol. The Bertz CT molecular complexity index is 552. The number of aliphatic hydroxyl groups excluding tert-OH is 1. The van der Waals surface area contributed by atoms with Gasteiger partial charge in [-0.1, -0.05) is 30.3 Å². The van der Waals surface area contributed by atoms with Crippen LogP contribution >= 0.6 is 11.6 Å². The summed E-state index contributed by atoms with van der Waals surface area (Å²) in [5.41, 5.74) is 1.25. The van der Waals surface area contributed by atoms with Crippen molar-refractivity contribution in [2.75, 3.05) is 12.5 Å². The van der Waals surface area contributed by atoms with Crippen molar-refractivity contribution in [2.45, 2.75) is 6.10 Å². The topological polar surface area (TPSA) is 46.5 Å². The monoisotopic (exact) mass is 290 g/mol. The first-order valence-electron chi connectivity index (χ1n) is 6.27. The van der Waals surface area contributed by atoms with E-state index in [1.807, 2.05) is 18.2 Å². The molecule has 0 aliphatic heterocycles. The second kappa shape index (κ2) is 7.08. The number of halogens is 1. The molecule has 1 atom stereocenters. The van der Waals surface area contributed by atoms with Crippen LogP contribution in [0.5, 0.6) is 5.75 Å². The van der Waals surface area contributed by atoms with Crippen LogP contribution in [0.1, 0.15) is 15.9 Å². The second-order valence-electron chi connectivity index (χ2n) is 4.34. The van der Waals surface area contributed by atoms with E-state index in [-0.39, 0.29) is 18.3 Å². The van der Waals surface area contributed by atoms with E-state index in [9.17, 15) is 9.90 Å². The van der Waals surface area contributed by atoms with E-state index < -0.39 is 6.10 Å². The molecule has 1 unspecified atom stereocenters. The zero-order valence-corrected chi connectivity index (χ0v) is 11.6. The first-order valence-corrected chi connectivity index (χ1v) is 6.81. The van der Waals surface area contributed by atoms with Crippen LogP contribution < -0.4 is 4.74 Å². The Kier molecular flexibility index (Phi) is 5.16. The number of carbonyl (C=O) groups is 1. The van der Waals surface area contributed by atoms with Crippen molar-refractivity contribution in [3.8, 4) is 5.75 Å². The maximum absolute atomic E-state index is 12.2. The van der Waals surface area contributed by atoms with E-state index >= 15 is 0 Å². The van der Waals surface area contributed by atoms with Gasteiger partial charge in [0.05, 0.1) is 5.88 Å². The normalized spacial score (nSPS) is 11.9. The van der Waals surface area contributed by atoms with Crippen LogP contribution in [0.25, 0.3) is 0 Å². The van der Waals surface area contributed by atoms with Crippen LogP contribution in [0.4, 0.5) is 0 Å². The lowest BCUT2D eigenvalue weighted by Crippen LogP contribution is -2.18. The second-order valence-corrected chi connectivity index (χ2v) is 4.65. The Hall–Kier alpha value is -1.84. The van der Waals surface area contributed by atoms with Gasteiger partial charge < -0.3 is 9.84 Å². The van der Waals surface area contributed by atoms with Crippen LogP contribution in [-0.4, -0.2) is 29.5 Å². The van der Waals surface area contributed by atoms with Crippen molar-refractivity contribution in [1.29, 1.82) is 0 Å². The molecule has 20 heavy (non-hydrogen) atoms. The molecule has 0 heterocycles. The van der Waals surface area contributed by atoms with Gasteiger partial charge in [-0.2, -0.15) is 0 Å². The summed E-state index contributed by atoms with van der Waals surface area (Å²) in [5.74, 6) is 0.696. The summed E-state index contributed by atoms with van der Waals surface area (Å²) in [6.07, 6.45) is -0.692. The molecule has 0 aliphatic rings. The molecule has 0 aliphatic carbocycles. The van der Waals surface area contributed by atoms with Crippen molar-refractivity contribution in [1.82, 2.24) is 0 Å². The molecule has 1 N–H and O–H groups in total. The molecule has 4 heteroatoms. The molecule has 0 bridgehead atoms. The van der Waals surface area contributed by atoms with E-state index in [1.54, 1.807) is 36.4 Å². The van der Waals surface area contributed by atoms with Gasteiger partial charge in [0.25, 0.3) is 0 Å². The third-order valence-corrected chi connectivity index (χ3v) is 3.13. The number of ketones is 1. The number of ether oxygens (including phenoxy) is 1. The van der Waals surface area contributed by atoms with Gasteiger partial charge in [0.1, 0.15) is 18.5 Å². The van der Waals surface area contributed by atoms with Crippen LogP contribution in [-0.2, 0) is 0 Å². The van der Waals surface area contributed by atoms with Crippen molar-refractivity contribution < 1.29 is 14.6 Å². The molecule has 0 saturated carbocycles. The number of hydrogen-bond acceptors (Lipinski definition) is 3. The molecule has 0 radical (unpaired) electrons. The van der Waals surface area contributed by atoms with Gasteiger partial charge in [0.2, 0.25) is 0 Å². The summed E-state index contributed by atoms with van der Waals surface area (Å²) in [6, 6.07) is 15.9. The smallest absolute Gasteiger partial charge is 0.193 e. The first-order chi connectivity index (χ1) is 9.70. The highest BCUT2D eigenvalue weighted by Crippen LogP contribution is 2.15. The summed E-state index contributed by atoms with van der Waals surface area (Å²) < 4.78 is 5.35. The molecular formula is C16H15ClO3. The first kappa shape index (κ1) is 14.6. The molecule has 0 fully saturated rings. The third-order valence-electron chi connectivity index (χ3n) is 2.77. The summed E-state index contributed by atoms with van der Waals surface area (Å²) in [7, 11) is 0. The van der Waals surface area contributed by atoms with Gasteiger partial charge in [0.15, 0.2) is 5.78 Å². The molecular weight excluding hydrogens is 276 g/mol. The number of rotatable bonds is 6. The number of aliphatic hydroxyl groups is 1. The van der Waals surface area contributed by atoms with Gasteiger partial charge in [-0.05, 0) is 24.3 Å². The molecule has 0 saturated heterocycles. The SMILES string of the molecule is O=C(c1ccccc1)c1ccc(OCC(O)CCl)cc1. The van der Waals surface area contributed by atoms with Gasteiger partial charge in [-0.3, -0.25) is 4.79 Å². The predicted octanol–water partition coefficient (Wildman–Crippen LogP) is 2.90. The highest BCUT2D eigenvalue weighted by Gasteiger charge is 2.09. The molecule has 0 amide bonds. The summed E-state index contributed by atoms with van der Waals surface area (Å²) in [6.45, 7) is 0.134. The van der Waals surface area contributed by atoms with Gasteiger partial charge >= 0.3 is 0 Å².